The summed E-state index contributed by atoms with van der Waals surface area (Å²) in [5.74, 6) is -1.30. The van der Waals surface area contributed by atoms with Gasteiger partial charge in [-0.2, -0.15) is 0 Å². The van der Waals surface area contributed by atoms with Gasteiger partial charge in [0.25, 0.3) is 5.91 Å². The fourth-order valence-corrected chi connectivity index (χ4v) is 6.41. The fourth-order valence-electron chi connectivity index (χ4n) is 5.80. The highest BCUT2D eigenvalue weighted by Gasteiger charge is 2.37. The SMILES string of the molecule is COc1cc(-c2cccc(-c3cccc(NC(=O)C4=CN(C)C(=O)N(C)C4)c3Cl)c2Cl)cc(F)c1CN1CCC(C)(C(=O)O)CC1. The van der Waals surface area contributed by atoms with Crippen LogP contribution >= 0.6 is 23.2 Å². The number of ether oxygens (including phenoxy) is 1. The number of carboxylic acid groups (broad SMARTS) is 1. The minimum atomic E-state index is -0.811. The molecule has 2 N–H and O–H groups in total. The zero-order valence-electron chi connectivity index (χ0n) is 26.0. The molecule has 46 heavy (non-hydrogen) atoms. The third kappa shape index (κ3) is 6.56. The molecule has 2 heterocycles. The molecule has 0 spiro atoms. The third-order valence-corrected chi connectivity index (χ3v) is 9.57. The Morgan fingerprint density at radius 1 is 1.02 bits per heavy atom. The van der Waals surface area contributed by atoms with E-state index in [1.165, 1.54) is 29.2 Å². The lowest BCUT2D eigenvalue weighted by Crippen LogP contribution is -2.43. The van der Waals surface area contributed by atoms with E-state index in [0.29, 0.717) is 75.8 Å². The molecule has 0 aliphatic carbocycles. The van der Waals surface area contributed by atoms with E-state index in [9.17, 15) is 19.5 Å². The molecule has 0 unspecified atom stereocenters. The molecule has 12 heteroatoms. The smallest absolute Gasteiger partial charge is 0.323 e. The first kappa shape index (κ1) is 33.2. The van der Waals surface area contributed by atoms with Crippen LogP contribution in [0.4, 0.5) is 14.9 Å². The number of carbonyl (C=O) groups is 3. The van der Waals surface area contributed by atoms with E-state index in [0.717, 1.165) is 0 Å². The number of piperidine rings is 1. The number of hydrogen-bond acceptors (Lipinski definition) is 5. The van der Waals surface area contributed by atoms with E-state index in [2.05, 4.69) is 5.32 Å². The van der Waals surface area contributed by atoms with Gasteiger partial charge in [-0.15, -0.1) is 0 Å². The summed E-state index contributed by atoms with van der Waals surface area (Å²) < 4.78 is 21.3. The van der Waals surface area contributed by atoms with Crippen LogP contribution < -0.4 is 10.1 Å². The van der Waals surface area contributed by atoms with Gasteiger partial charge < -0.3 is 25.0 Å². The van der Waals surface area contributed by atoms with Crippen LogP contribution in [-0.4, -0.2) is 78.6 Å². The first-order valence-corrected chi connectivity index (χ1v) is 15.5. The molecular weight excluding hydrogens is 634 g/mol. The molecule has 9 nitrogen and oxygen atoms in total. The first-order valence-electron chi connectivity index (χ1n) is 14.7. The zero-order valence-corrected chi connectivity index (χ0v) is 27.5. The van der Waals surface area contributed by atoms with Crippen molar-refractivity contribution < 1.29 is 28.6 Å². The van der Waals surface area contributed by atoms with Gasteiger partial charge in [0.15, 0.2) is 0 Å². The Labute approximate surface area is 277 Å². The molecule has 5 rings (SSSR count). The second-order valence-corrected chi connectivity index (χ2v) is 12.7. The molecule has 2 aliphatic rings. The number of nitrogens with one attached hydrogen (secondary N) is 1. The summed E-state index contributed by atoms with van der Waals surface area (Å²) in [6.45, 7) is 3.25. The van der Waals surface area contributed by atoms with Gasteiger partial charge in [0.2, 0.25) is 0 Å². The second kappa shape index (κ2) is 13.3. The Morgan fingerprint density at radius 2 is 1.65 bits per heavy atom. The van der Waals surface area contributed by atoms with Gasteiger partial charge in [-0.25, -0.2) is 9.18 Å². The number of aliphatic carboxylic acids is 1. The predicted molar refractivity (Wildman–Crippen MR) is 177 cm³/mol. The molecular formula is C34H35Cl2FN4O5. The largest absolute Gasteiger partial charge is 0.496 e. The Kier molecular flexibility index (Phi) is 9.62. The van der Waals surface area contributed by atoms with Crippen LogP contribution in [-0.2, 0) is 16.1 Å². The van der Waals surface area contributed by atoms with E-state index in [-0.39, 0.29) is 24.1 Å². The van der Waals surface area contributed by atoms with Crippen LogP contribution in [0.5, 0.6) is 5.75 Å². The summed E-state index contributed by atoms with van der Waals surface area (Å²) in [6.07, 6.45) is 2.46. The minimum absolute atomic E-state index is 0.154. The number of carboxylic acids is 1. The van der Waals surface area contributed by atoms with Crippen LogP contribution in [0.25, 0.3) is 22.3 Å². The molecule has 0 radical (unpaired) electrons. The number of benzene rings is 3. The number of halogens is 3. The van der Waals surface area contributed by atoms with Gasteiger partial charge in [0.05, 0.1) is 40.4 Å². The molecule has 1 saturated heterocycles. The van der Waals surface area contributed by atoms with Crippen molar-refractivity contribution in [1.82, 2.24) is 14.7 Å². The van der Waals surface area contributed by atoms with Crippen molar-refractivity contribution >= 4 is 46.8 Å². The van der Waals surface area contributed by atoms with Crippen LogP contribution in [0.2, 0.25) is 10.0 Å². The number of urea groups is 1. The Morgan fingerprint density at radius 3 is 2.28 bits per heavy atom. The van der Waals surface area contributed by atoms with Gasteiger partial charge in [0, 0.05) is 49.1 Å². The number of likely N-dealkylation sites (tertiary alicyclic amines) is 1. The van der Waals surface area contributed by atoms with E-state index < -0.39 is 23.1 Å². The normalized spacial score (nSPS) is 16.7. The molecule has 0 atom stereocenters. The van der Waals surface area contributed by atoms with Gasteiger partial charge in [-0.3, -0.25) is 14.5 Å². The molecule has 3 aromatic carbocycles. The summed E-state index contributed by atoms with van der Waals surface area (Å²) in [5, 5.41) is 13.0. The summed E-state index contributed by atoms with van der Waals surface area (Å²) in [4.78, 5) is 41.6. The van der Waals surface area contributed by atoms with Crippen LogP contribution in [0.15, 0.2) is 60.3 Å². The first-order chi connectivity index (χ1) is 21.8. The summed E-state index contributed by atoms with van der Waals surface area (Å²) in [5.41, 5.74) is 2.59. The number of likely N-dealkylation sites (N-methyl/N-ethyl adjacent to an activating group) is 1. The maximum atomic E-state index is 15.7. The van der Waals surface area contributed by atoms with Crippen molar-refractivity contribution in [3.63, 3.8) is 0 Å². The van der Waals surface area contributed by atoms with Crippen molar-refractivity contribution in [1.29, 1.82) is 0 Å². The molecule has 2 aliphatic heterocycles. The van der Waals surface area contributed by atoms with E-state index >= 15 is 4.39 Å². The highest BCUT2D eigenvalue weighted by atomic mass is 35.5. The maximum Gasteiger partial charge on any atom is 0.323 e. The highest BCUT2D eigenvalue weighted by molar-refractivity contribution is 6.39. The molecule has 0 aromatic heterocycles. The van der Waals surface area contributed by atoms with Gasteiger partial charge in [0.1, 0.15) is 11.6 Å². The van der Waals surface area contributed by atoms with Crippen LogP contribution in [0.3, 0.4) is 0 Å². The molecule has 0 saturated carbocycles. The number of amides is 3. The number of nitrogens with zero attached hydrogens (tertiary/aromatic N) is 3. The molecule has 1 fully saturated rings. The van der Waals surface area contributed by atoms with Crippen molar-refractivity contribution in [3.8, 4) is 28.0 Å². The number of rotatable bonds is 8. The van der Waals surface area contributed by atoms with Gasteiger partial charge in [-0.1, -0.05) is 53.5 Å². The quantitative estimate of drug-likeness (QED) is 0.269. The summed E-state index contributed by atoms with van der Waals surface area (Å²) in [6, 6.07) is 13.5. The van der Waals surface area contributed by atoms with Crippen molar-refractivity contribution in [2.24, 2.45) is 5.41 Å². The standard InChI is InChI=1S/C34H35Cl2FN4O5/c1-34(32(43)44)11-13-41(14-12-34)19-25-26(37)15-20(16-28(25)46-4)22-7-5-8-23(29(22)35)24-9-6-10-27(30(24)36)38-31(42)21-17-39(2)33(45)40(3)18-21/h5-10,15-17H,11-14,18-19H2,1-4H3,(H,38,42)(H,43,44). The number of carbonyl (C=O) groups excluding carboxylic acids is 2. The van der Waals surface area contributed by atoms with Crippen molar-refractivity contribution in [2.75, 3.05) is 46.2 Å². The number of anilines is 1. The van der Waals surface area contributed by atoms with Gasteiger partial charge in [-0.05, 0) is 56.6 Å². The topological polar surface area (TPSA) is 102 Å². The van der Waals surface area contributed by atoms with E-state index in [4.69, 9.17) is 27.9 Å². The average Bonchev–Trinajstić information content (AvgIpc) is 3.02. The zero-order chi connectivity index (χ0) is 33.3. The lowest BCUT2D eigenvalue weighted by Gasteiger charge is -2.36. The number of methoxy groups -OCH3 is 1. The van der Waals surface area contributed by atoms with E-state index in [1.54, 1.807) is 63.5 Å². The molecule has 0 bridgehead atoms. The van der Waals surface area contributed by atoms with Gasteiger partial charge >= 0.3 is 12.0 Å². The number of hydrogen-bond donors (Lipinski definition) is 2. The Bertz CT molecular complexity index is 1740. The molecule has 3 aromatic rings. The molecule has 3 amide bonds. The van der Waals surface area contributed by atoms with Crippen LogP contribution in [0.1, 0.15) is 25.3 Å². The lowest BCUT2D eigenvalue weighted by atomic mass is 9.80. The van der Waals surface area contributed by atoms with Crippen molar-refractivity contribution in [3.05, 3.63) is 81.7 Å². The van der Waals surface area contributed by atoms with E-state index in [1.807, 2.05) is 4.90 Å². The lowest BCUT2D eigenvalue weighted by molar-refractivity contribution is -0.150. The second-order valence-electron chi connectivity index (χ2n) is 12.0. The van der Waals surface area contributed by atoms with Crippen molar-refractivity contribution in [2.45, 2.75) is 26.3 Å². The monoisotopic (exact) mass is 668 g/mol. The molecule has 242 valence electrons. The summed E-state index contributed by atoms with van der Waals surface area (Å²) in [7, 11) is 4.67. The minimum Gasteiger partial charge on any atom is -0.496 e. The van der Waals surface area contributed by atoms with Crippen LogP contribution in [0, 0.1) is 11.2 Å². The fraction of sp³-hybridized carbons (Fsp3) is 0.324. The third-order valence-electron chi connectivity index (χ3n) is 8.76. The maximum absolute atomic E-state index is 15.7. The average molecular weight is 670 g/mol. The Balaban J connectivity index is 1.41. The Hall–Kier alpha value is -4.12. The highest BCUT2D eigenvalue weighted by Crippen LogP contribution is 2.43. The summed E-state index contributed by atoms with van der Waals surface area (Å²) >= 11 is 13.8. The predicted octanol–water partition coefficient (Wildman–Crippen LogP) is 6.98.